The number of furan rings is 1. The predicted molar refractivity (Wildman–Crippen MR) is 130 cm³/mol. The van der Waals surface area contributed by atoms with Gasteiger partial charge in [0.05, 0.1) is 24.9 Å². The molecule has 2 saturated heterocycles. The van der Waals surface area contributed by atoms with Gasteiger partial charge in [0.15, 0.2) is 0 Å². The zero-order valence-electron chi connectivity index (χ0n) is 19.8. The summed E-state index contributed by atoms with van der Waals surface area (Å²) in [5.41, 5.74) is 2.48. The number of nitrogens with zero attached hydrogens (tertiary/aromatic N) is 2. The molecule has 34 heavy (non-hydrogen) atoms. The zero-order valence-corrected chi connectivity index (χ0v) is 19.8. The Morgan fingerprint density at radius 1 is 1.09 bits per heavy atom. The molecule has 0 N–H and O–H groups in total. The highest BCUT2D eigenvalue weighted by Gasteiger charge is 2.43. The summed E-state index contributed by atoms with van der Waals surface area (Å²) in [5.74, 6) is 0.169. The molecule has 2 aliphatic rings. The van der Waals surface area contributed by atoms with Gasteiger partial charge in [-0.3, -0.25) is 4.79 Å². The number of hydrogen-bond donors (Lipinski definition) is 0. The summed E-state index contributed by atoms with van der Waals surface area (Å²) in [5, 5.41) is 1.10. The van der Waals surface area contributed by atoms with Crippen molar-refractivity contribution in [2.75, 3.05) is 46.4 Å². The summed E-state index contributed by atoms with van der Waals surface area (Å²) in [6.45, 7) is 4.22. The highest BCUT2D eigenvalue weighted by atomic mass is 19.1. The monoisotopic (exact) mass is 464 g/mol. The molecular formula is C28H33FN2O3. The van der Waals surface area contributed by atoms with Crippen molar-refractivity contribution in [3.63, 3.8) is 0 Å². The fourth-order valence-corrected chi connectivity index (χ4v) is 5.53. The Morgan fingerprint density at radius 2 is 1.94 bits per heavy atom. The largest absolute Gasteiger partial charge is 0.464 e. The van der Waals surface area contributed by atoms with Crippen LogP contribution in [0.25, 0.3) is 11.0 Å². The van der Waals surface area contributed by atoms with Crippen LogP contribution in [-0.2, 0) is 22.4 Å². The molecule has 0 saturated carbocycles. The third kappa shape index (κ3) is 5.03. The molecule has 0 aliphatic carbocycles. The summed E-state index contributed by atoms with van der Waals surface area (Å²) >= 11 is 0. The van der Waals surface area contributed by atoms with Crippen molar-refractivity contribution in [2.45, 2.75) is 25.7 Å². The quantitative estimate of drug-likeness (QED) is 0.556. The molecule has 6 heteroatoms. The number of hydrogen-bond acceptors (Lipinski definition) is 4. The first-order valence-corrected chi connectivity index (χ1v) is 12.3. The normalized spacial score (nSPS) is 21.5. The minimum Gasteiger partial charge on any atom is -0.464 e. The Kier molecular flexibility index (Phi) is 6.70. The molecule has 0 unspecified atom stereocenters. The number of carbonyl (C=O) groups is 1. The van der Waals surface area contributed by atoms with Crippen molar-refractivity contribution in [1.82, 2.24) is 9.80 Å². The molecule has 0 spiro atoms. The van der Waals surface area contributed by atoms with Gasteiger partial charge < -0.3 is 19.0 Å². The number of amides is 1. The highest BCUT2D eigenvalue weighted by molar-refractivity contribution is 5.83. The average molecular weight is 465 g/mol. The summed E-state index contributed by atoms with van der Waals surface area (Å²) in [7, 11) is 2.10. The van der Waals surface area contributed by atoms with Crippen LogP contribution in [0.1, 0.15) is 24.0 Å². The molecule has 2 aromatic carbocycles. The van der Waals surface area contributed by atoms with Gasteiger partial charge in [0.1, 0.15) is 11.4 Å². The maximum atomic E-state index is 14.1. The second kappa shape index (κ2) is 9.88. The van der Waals surface area contributed by atoms with Crippen LogP contribution in [0.4, 0.5) is 4.39 Å². The topological polar surface area (TPSA) is 45.9 Å². The zero-order chi connectivity index (χ0) is 23.5. The van der Waals surface area contributed by atoms with Crippen LogP contribution in [0.5, 0.6) is 0 Å². The van der Waals surface area contributed by atoms with E-state index in [4.69, 9.17) is 9.15 Å². The van der Waals surface area contributed by atoms with E-state index < -0.39 is 5.41 Å². The summed E-state index contributed by atoms with van der Waals surface area (Å²) in [4.78, 5) is 18.4. The van der Waals surface area contributed by atoms with Gasteiger partial charge in [0, 0.05) is 24.4 Å². The van der Waals surface area contributed by atoms with E-state index in [2.05, 4.69) is 30.1 Å². The van der Waals surface area contributed by atoms with Crippen LogP contribution >= 0.6 is 0 Å². The first-order valence-electron chi connectivity index (χ1n) is 12.3. The van der Waals surface area contributed by atoms with Gasteiger partial charge in [0.2, 0.25) is 5.91 Å². The van der Waals surface area contributed by atoms with Gasteiger partial charge in [-0.05, 0) is 81.2 Å². The molecule has 2 aliphatic heterocycles. The van der Waals surface area contributed by atoms with E-state index in [1.807, 2.05) is 17.0 Å². The SMILES string of the molecule is CN1CCC(Cc2cccc(F)c2)(C(=O)N2CCOC[C@H](Cc3ccc4ccoc4c3)C2)CC1. The number of ether oxygens (including phenoxy) is 1. The molecule has 3 aromatic rings. The minimum absolute atomic E-state index is 0.196. The van der Waals surface area contributed by atoms with Crippen LogP contribution in [0.15, 0.2) is 59.2 Å². The fraction of sp³-hybridized carbons (Fsp3) is 0.464. The number of benzene rings is 2. The maximum Gasteiger partial charge on any atom is 0.229 e. The van der Waals surface area contributed by atoms with E-state index >= 15 is 0 Å². The highest BCUT2D eigenvalue weighted by Crippen LogP contribution is 2.37. The number of fused-ring (bicyclic) bond motifs is 1. The van der Waals surface area contributed by atoms with Gasteiger partial charge in [-0.15, -0.1) is 0 Å². The van der Waals surface area contributed by atoms with Crippen LogP contribution in [-0.4, -0.2) is 62.1 Å². The summed E-state index contributed by atoms with van der Waals surface area (Å²) < 4.78 is 25.4. The van der Waals surface area contributed by atoms with Gasteiger partial charge >= 0.3 is 0 Å². The van der Waals surface area contributed by atoms with Gasteiger partial charge in [-0.1, -0.05) is 24.3 Å². The molecule has 0 radical (unpaired) electrons. The Morgan fingerprint density at radius 3 is 2.76 bits per heavy atom. The number of piperidine rings is 1. The van der Waals surface area contributed by atoms with E-state index in [9.17, 15) is 9.18 Å². The molecule has 0 bridgehead atoms. The minimum atomic E-state index is -0.498. The Bertz CT molecular complexity index is 1140. The lowest BCUT2D eigenvalue weighted by atomic mass is 9.72. The lowest BCUT2D eigenvalue weighted by Gasteiger charge is -2.42. The van der Waals surface area contributed by atoms with Crippen molar-refractivity contribution in [2.24, 2.45) is 11.3 Å². The molecule has 1 amide bonds. The van der Waals surface area contributed by atoms with E-state index in [-0.39, 0.29) is 17.6 Å². The molecule has 1 atom stereocenters. The summed E-state index contributed by atoms with van der Waals surface area (Å²) in [6, 6.07) is 15.0. The molecule has 3 heterocycles. The van der Waals surface area contributed by atoms with Crippen LogP contribution < -0.4 is 0 Å². The predicted octanol–water partition coefficient (Wildman–Crippen LogP) is 4.54. The Balaban J connectivity index is 1.35. The van der Waals surface area contributed by atoms with E-state index in [1.54, 1.807) is 18.4 Å². The van der Waals surface area contributed by atoms with E-state index in [1.165, 1.54) is 11.6 Å². The lowest BCUT2D eigenvalue weighted by Crippen LogP contribution is -2.52. The first-order chi connectivity index (χ1) is 16.5. The molecule has 5 rings (SSSR count). The van der Waals surface area contributed by atoms with Gasteiger partial charge in [0.25, 0.3) is 0 Å². The number of rotatable bonds is 5. The number of carbonyl (C=O) groups excluding carboxylic acids is 1. The second-order valence-corrected chi connectivity index (χ2v) is 10.1. The van der Waals surface area contributed by atoms with Crippen molar-refractivity contribution in [3.05, 3.63) is 71.7 Å². The van der Waals surface area contributed by atoms with Crippen LogP contribution in [0.2, 0.25) is 0 Å². The summed E-state index contributed by atoms with van der Waals surface area (Å²) in [6.07, 6.45) is 4.70. The smallest absolute Gasteiger partial charge is 0.229 e. The first kappa shape index (κ1) is 23.1. The molecule has 2 fully saturated rings. The fourth-order valence-electron chi connectivity index (χ4n) is 5.53. The van der Waals surface area contributed by atoms with Crippen molar-refractivity contribution in [3.8, 4) is 0 Å². The third-order valence-electron chi connectivity index (χ3n) is 7.50. The second-order valence-electron chi connectivity index (χ2n) is 10.1. The third-order valence-corrected chi connectivity index (χ3v) is 7.50. The lowest BCUT2D eigenvalue weighted by molar-refractivity contribution is -0.145. The van der Waals surface area contributed by atoms with Crippen LogP contribution in [0.3, 0.4) is 0 Å². The van der Waals surface area contributed by atoms with Crippen molar-refractivity contribution >= 4 is 16.9 Å². The molecular weight excluding hydrogens is 431 g/mol. The van der Waals surface area contributed by atoms with Crippen LogP contribution in [0, 0.1) is 17.2 Å². The van der Waals surface area contributed by atoms with E-state index in [0.29, 0.717) is 32.7 Å². The Hall–Kier alpha value is -2.70. The van der Waals surface area contributed by atoms with Gasteiger partial charge in [-0.2, -0.15) is 0 Å². The molecule has 1 aromatic heterocycles. The molecule has 5 nitrogen and oxygen atoms in total. The maximum absolute atomic E-state index is 14.1. The van der Waals surface area contributed by atoms with Crippen molar-refractivity contribution < 1.29 is 18.3 Å². The Labute approximate surface area is 200 Å². The number of halogens is 1. The number of likely N-dealkylation sites (tertiary alicyclic amines) is 1. The van der Waals surface area contributed by atoms with Gasteiger partial charge in [-0.25, -0.2) is 4.39 Å². The van der Waals surface area contributed by atoms with E-state index in [0.717, 1.165) is 48.9 Å². The standard InChI is InChI=1S/C28H33FN2O3/c1-30-10-8-28(9-11-30,18-22-3-2-4-25(29)16-22)27(32)31-12-14-33-20-23(19-31)15-21-5-6-24-7-13-34-26(24)17-21/h2-7,13,16-17,23H,8-12,14-15,18-20H2,1H3/t23-/m1/s1. The molecule has 180 valence electrons. The van der Waals surface area contributed by atoms with Crippen molar-refractivity contribution in [1.29, 1.82) is 0 Å². The average Bonchev–Trinajstić information content (AvgIpc) is 3.18.